The fraction of sp³-hybridized carbons (Fsp3) is 0.333. The number of ether oxygens (including phenoxy) is 2. The van der Waals surface area contributed by atoms with E-state index >= 15 is 0 Å². The summed E-state index contributed by atoms with van der Waals surface area (Å²) in [6.07, 6.45) is 3.01. The summed E-state index contributed by atoms with van der Waals surface area (Å²) in [6, 6.07) is 13.6. The van der Waals surface area contributed by atoms with Gasteiger partial charge in [0.05, 0.1) is 28.3 Å². The number of rotatable bonds is 6. The number of fused-ring (bicyclic) bond motifs is 1. The summed E-state index contributed by atoms with van der Waals surface area (Å²) in [6.45, 7) is 1.65. The molecule has 3 aromatic rings. The number of thiophene rings is 1. The number of hydrogen-bond acceptors (Lipinski definition) is 5. The molecular formula is C21H22N2O3S. The van der Waals surface area contributed by atoms with E-state index in [1.807, 2.05) is 47.8 Å². The zero-order valence-corrected chi connectivity index (χ0v) is 15.8. The molecule has 1 aliphatic heterocycles. The van der Waals surface area contributed by atoms with Crippen LogP contribution in [0, 0.1) is 0 Å². The van der Waals surface area contributed by atoms with Crippen LogP contribution in [0.5, 0.6) is 0 Å². The molecule has 0 saturated carbocycles. The van der Waals surface area contributed by atoms with Crippen LogP contribution in [0.3, 0.4) is 0 Å². The van der Waals surface area contributed by atoms with Gasteiger partial charge in [0, 0.05) is 18.5 Å². The second-order valence-corrected chi connectivity index (χ2v) is 7.42. The first kappa shape index (κ1) is 18.1. The number of nitrogens with zero attached hydrogens (tertiary/aromatic N) is 1. The van der Waals surface area contributed by atoms with Crippen molar-refractivity contribution in [1.82, 2.24) is 10.3 Å². The molecule has 1 fully saturated rings. The zero-order valence-electron chi connectivity index (χ0n) is 15.0. The third-order valence-corrected chi connectivity index (χ3v) is 5.46. The maximum Gasteiger partial charge on any atom is 0.252 e. The smallest absolute Gasteiger partial charge is 0.252 e. The molecular weight excluding hydrogens is 360 g/mol. The van der Waals surface area contributed by atoms with E-state index in [0.29, 0.717) is 18.7 Å². The van der Waals surface area contributed by atoms with Crippen LogP contribution in [0.15, 0.2) is 47.8 Å². The molecule has 1 aliphatic rings. The summed E-state index contributed by atoms with van der Waals surface area (Å²) in [7, 11) is 0. The maximum atomic E-state index is 12.8. The molecule has 2 aromatic heterocycles. The number of nitrogens with one attached hydrogen (secondary N) is 1. The summed E-state index contributed by atoms with van der Waals surface area (Å²) < 4.78 is 11.2. The average Bonchev–Trinajstić information content (AvgIpc) is 3.26. The molecule has 27 heavy (non-hydrogen) atoms. The lowest BCUT2D eigenvalue weighted by Gasteiger charge is -2.22. The van der Waals surface area contributed by atoms with Gasteiger partial charge in [-0.1, -0.05) is 24.3 Å². The molecule has 0 radical (unpaired) electrons. The van der Waals surface area contributed by atoms with Crippen molar-refractivity contribution in [2.24, 2.45) is 0 Å². The van der Waals surface area contributed by atoms with Crippen molar-refractivity contribution in [3.63, 3.8) is 0 Å². The average molecular weight is 382 g/mol. The van der Waals surface area contributed by atoms with Gasteiger partial charge in [-0.25, -0.2) is 4.98 Å². The van der Waals surface area contributed by atoms with Crippen LogP contribution in [0.1, 0.15) is 29.6 Å². The van der Waals surface area contributed by atoms with Gasteiger partial charge in [0.25, 0.3) is 5.91 Å². The second-order valence-electron chi connectivity index (χ2n) is 6.47. The largest absolute Gasteiger partial charge is 0.353 e. The number of amides is 1. The number of benzene rings is 1. The zero-order chi connectivity index (χ0) is 18.5. The molecule has 1 unspecified atom stereocenters. The Hall–Kier alpha value is -2.28. The van der Waals surface area contributed by atoms with Gasteiger partial charge in [0.15, 0.2) is 6.29 Å². The minimum absolute atomic E-state index is 0.112. The molecule has 3 heterocycles. The molecule has 0 spiro atoms. The summed E-state index contributed by atoms with van der Waals surface area (Å²) in [5.41, 5.74) is 2.28. The Balaban J connectivity index is 1.47. The Morgan fingerprint density at radius 2 is 2.19 bits per heavy atom. The highest BCUT2D eigenvalue weighted by Crippen LogP contribution is 2.27. The molecule has 1 amide bonds. The van der Waals surface area contributed by atoms with Gasteiger partial charge in [-0.3, -0.25) is 4.79 Å². The molecule has 5 nitrogen and oxygen atoms in total. The molecule has 1 atom stereocenters. The van der Waals surface area contributed by atoms with Crippen LogP contribution in [0.2, 0.25) is 0 Å². The van der Waals surface area contributed by atoms with Crippen molar-refractivity contribution in [2.45, 2.75) is 25.6 Å². The van der Waals surface area contributed by atoms with Crippen molar-refractivity contribution in [3.05, 3.63) is 53.4 Å². The van der Waals surface area contributed by atoms with Crippen molar-refractivity contribution < 1.29 is 14.3 Å². The van der Waals surface area contributed by atoms with Crippen LogP contribution in [-0.2, 0) is 9.47 Å². The van der Waals surface area contributed by atoms with Gasteiger partial charge < -0.3 is 14.8 Å². The third kappa shape index (κ3) is 4.35. The minimum Gasteiger partial charge on any atom is -0.353 e. The lowest BCUT2D eigenvalue weighted by Crippen LogP contribution is -2.30. The van der Waals surface area contributed by atoms with E-state index in [0.717, 1.165) is 47.3 Å². The van der Waals surface area contributed by atoms with Gasteiger partial charge in [0.1, 0.15) is 0 Å². The monoisotopic (exact) mass is 382 g/mol. The minimum atomic E-state index is -0.136. The van der Waals surface area contributed by atoms with E-state index in [2.05, 4.69) is 5.32 Å². The van der Waals surface area contributed by atoms with Gasteiger partial charge >= 0.3 is 0 Å². The Morgan fingerprint density at radius 3 is 3.00 bits per heavy atom. The van der Waals surface area contributed by atoms with E-state index in [4.69, 9.17) is 14.5 Å². The molecule has 1 N–H and O–H groups in total. The summed E-state index contributed by atoms with van der Waals surface area (Å²) in [5.74, 6) is -0.112. The lowest BCUT2D eigenvalue weighted by atomic mass is 10.1. The molecule has 6 heteroatoms. The van der Waals surface area contributed by atoms with E-state index < -0.39 is 0 Å². The van der Waals surface area contributed by atoms with E-state index in [1.54, 1.807) is 11.3 Å². The van der Waals surface area contributed by atoms with Crippen LogP contribution >= 0.6 is 11.3 Å². The standard InChI is InChI=1S/C21H22N2O3S/c24-21(22-10-12-26-20-9-3-4-11-25-20)16-14-18(19-8-5-13-27-19)23-17-7-2-1-6-15(16)17/h1-2,5-8,13-14,20H,3-4,9-12H2,(H,22,24). The van der Waals surface area contributed by atoms with Crippen LogP contribution in [-0.4, -0.2) is 36.9 Å². The van der Waals surface area contributed by atoms with Gasteiger partial charge in [0.2, 0.25) is 0 Å². The predicted molar refractivity (Wildman–Crippen MR) is 107 cm³/mol. The van der Waals surface area contributed by atoms with Crippen molar-refractivity contribution in [2.75, 3.05) is 19.8 Å². The molecule has 140 valence electrons. The highest BCUT2D eigenvalue weighted by molar-refractivity contribution is 7.13. The number of aromatic nitrogens is 1. The highest BCUT2D eigenvalue weighted by Gasteiger charge is 2.16. The molecule has 0 bridgehead atoms. The Bertz CT molecular complexity index is 905. The van der Waals surface area contributed by atoms with Gasteiger partial charge in [-0.05, 0) is 42.8 Å². The molecule has 1 saturated heterocycles. The number of carbonyl (C=O) groups excluding carboxylic acids is 1. The Morgan fingerprint density at radius 1 is 1.26 bits per heavy atom. The first-order valence-electron chi connectivity index (χ1n) is 9.26. The number of carbonyl (C=O) groups is 1. The summed E-state index contributed by atoms with van der Waals surface area (Å²) in [4.78, 5) is 18.6. The molecule has 4 rings (SSSR count). The third-order valence-electron chi connectivity index (χ3n) is 4.56. The predicted octanol–water partition coefficient (Wildman–Crippen LogP) is 4.24. The van der Waals surface area contributed by atoms with Crippen LogP contribution < -0.4 is 5.32 Å². The molecule has 0 aliphatic carbocycles. The van der Waals surface area contributed by atoms with Crippen molar-refractivity contribution in [1.29, 1.82) is 0 Å². The van der Waals surface area contributed by atoms with Gasteiger partial charge in [-0.15, -0.1) is 11.3 Å². The Kier molecular flexibility index (Phi) is 5.77. The Labute approximate surface area is 162 Å². The first-order chi connectivity index (χ1) is 13.3. The number of pyridine rings is 1. The van der Waals surface area contributed by atoms with Crippen molar-refractivity contribution in [3.8, 4) is 10.6 Å². The lowest BCUT2D eigenvalue weighted by molar-refractivity contribution is -0.161. The van der Waals surface area contributed by atoms with E-state index in [1.165, 1.54) is 0 Å². The number of para-hydroxylation sites is 1. The van der Waals surface area contributed by atoms with Gasteiger partial charge in [-0.2, -0.15) is 0 Å². The quantitative estimate of drug-likeness (QED) is 0.648. The first-order valence-corrected chi connectivity index (χ1v) is 10.1. The van der Waals surface area contributed by atoms with E-state index in [9.17, 15) is 4.79 Å². The van der Waals surface area contributed by atoms with E-state index in [-0.39, 0.29) is 12.2 Å². The number of hydrogen-bond donors (Lipinski definition) is 1. The maximum absolute atomic E-state index is 12.8. The fourth-order valence-electron chi connectivity index (χ4n) is 3.21. The fourth-order valence-corrected chi connectivity index (χ4v) is 3.89. The van der Waals surface area contributed by atoms with Crippen LogP contribution in [0.25, 0.3) is 21.5 Å². The van der Waals surface area contributed by atoms with Crippen molar-refractivity contribution >= 4 is 28.1 Å². The topological polar surface area (TPSA) is 60.5 Å². The second kappa shape index (κ2) is 8.61. The SMILES string of the molecule is O=C(NCCOC1CCCCO1)c1cc(-c2cccs2)nc2ccccc12. The summed E-state index contributed by atoms with van der Waals surface area (Å²) >= 11 is 1.61. The van der Waals surface area contributed by atoms with Crippen LogP contribution in [0.4, 0.5) is 0 Å². The molecule has 1 aromatic carbocycles. The normalized spacial score (nSPS) is 17.1. The highest BCUT2D eigenvalue weighted by atomic mass is 32.1. The summed E-state index contributed by atoms with van der Waals surface area (Å²) in [5, 5.41) is 5.82.